The lowest BCUT2D eigenvalue weighted by molar-refractivity contribution is -0.140. The molecular formula is C13H15N5O3. The first kappa shape index (κ1) is 13.3. The van der Waals surface area contributed by atoms with Crippen molar-refractivity contribution in [3.63, 3.8) is 0 Å². The zero-order chi connectivity index (χ0) is 14.7. The zero-order valence-electron chi connectivity index (χ0n) is 11.5. The SMILES string of the molecule is COc1ccccc1OC1CN(C(=O)Cn2cnnn2)C1. The second-order valence-corrected chi connectivity index (χ2v) is 4.70. The number of amides is 1. The van der Waals surface area contributed by atoms with Gasteiger partial charge in [0.1, 0.15) is 19.0 Å². The number of likely N-dealkylation sites (tertiary alicyclic amines) is 1. The molecule has 0 aliphatic carbocycles. The van der Waals surface area contributed by atoms with E-state index in [2.05, 4.69) is 15.5 Å². The molecule has 2 heterocycles. The van der Waals surface area contributed by atoms with Gasteiger partial charge in [0.15, 0.2) is 11.5 Å². The lowest BCUT2D eigenvalue weighted by atomic mass is 10.1. The number of nitrogens with zero attached hydrogens (tertiary/aromatic N) is 5. The van der Waals surface area contributed by atoms with Crippen LogP contribution in [-0.4, -0.2) is 57.3 Å². The average molecular weight is 289 g/mol. The molecule has 8 heteroatoms. The van der Waals surface area contributed by atoms with Crippen LogP contribution in [0.3, 0.4) is 0 Å². The first-order valence-corrected chi connectivity index (χ1v) is 6.54. The number of rotatable bonds is 5. The molecule has 0 saturated carbocycles. The summed E-state index contributed by atoms with van der Waals surface area (Å²) in [5.74, 6) is 1.36. The Balaban J connectivity index is 1.50. The van der Waals surface area contributed by atoms with E-state index in [1.165, 1.54) is 11.0 Å². The fourth-order valence-corrected chi connectivity index (χ4v) is 2.10. The van der Waals surface area contributed by atoms with E-state index in [-0.39, 0.29) is 18.6 Å². The van der Waals surface area contributed by atoms with Crippen LogP contribution >= 0.6 is 0 Å². The highest BCUT2D eigenvalue weighted by atomic mass is 16.5. The molecule has 0 spiro atoms. The average Bonchev–Trinajstić information content (AvgIpc) is 2.95. The van der Waals surface area contributed by atoms with Crippen molar-refractivity contribution in [2.45, 2.75) is 12.6 Å². The van der Waals surface area contributed by atoms with Crippen molar-refractivity contribution in [1.82, 2.24) is 25.1 Å². The van der Waals surface area contributed by atoms with Gasteiger partial charge in [0, 0.05) is 0 Å². The topological polar surface area (TPSA) is 82.4 Å². The molecule has 0 unspecified atom stereocenters. The number of methoxy groups -OCH3 is 1. The number of carbonyl (C=O) groups excluding carboxylic acids is 1. The van der Waals surface area contributed by atoms with Crippen LogP contribution in [0.15, 0.2) is 30.6 Å². The van der Waals surface area contributed by atoms with E-state index in [1.54, 1.807) is 12.0 Å². The third kappa shape index (κ3) is 2.93. The normalized spacial score (nSPS) is 14.6. The molecule has 2 aromatic rings. The van der Waals surface area contributed by atoms with Gasteiger partial charge in [0.25, 0.3) is 0 Å². The van der Waals surface area contributed by atoms with Crippen molar-refractivity contribution in [3.05, 3.63) is 30.6 Å². The first-order chi connectivity index (χ1) is 10.3. The summed E-state index contributed by atoms with van der Waals surface area (Å²) in [7, 11) is 1.60. The van der Waals surface area contributed by atoms with E-state index >= 15 is 0 Å². The van der Waals surface area contributed by atoms with Gasteiger partial charge >= 0.3 is 0 Å². The van der Waals surface area contributed by atoms with E-state index < -0.39 is 0 Å². The quantitative estimate of drug-likeness (QED) is 0.769. The third-order valence-electron chi connectivity index (χ3n) is 3.25. The number of hydrogen-bond donors (Lipinski definition) is 0. The monoisotopic (exact) mass is 289 g/mol. The van der Waals surface area contributed by atoms with Crippen molar-refractivity contribution in [2.75, 3.05) is 20.2 Å². The molecule has 110 valence electrons. The van der Waals surface area contributed by atoms with Gasteiger partial charge in [-0.15, -0.1) is 5.10 Å². The van der Waals surface area contributed by atoms with E-state index in [1.807, 2.05) is 24.3 Å². The molecule has 0 atom stereocenters. The Morgan fingerprint density at radius 2 is 2.10 bits per heavy atom. The van der Waals surface area contributed by atoms with Crippen molar-refractivity contribution >= 4 is 5.91 Å². The number of hydrogen-bond acceptors (Lipinski definition) is 6. The molecule has 0 N–H and O–H groups in total. The Kier molecular flexibility index (Phi) is 3.67. The summed E-state index contributed by atoms with van der Waals surface area (Å²) in [6, 6.07) is 7.46. The minimum atomic E-state index is -0.0258. The van der Waals surface area contributed by atoms with Gasteiger partial charge in [-0.05, 0) is 22.6 Å². The molecule has 1 aliphatic rings. The molecule has 21 heavy (non-hydrogen) atoms. The maximum Gasteiger partial charge on any atom is 0.244 e. The second kappa shape index (κ2) is 5.78. The number of ether oxygens (including phenoxy) is 2. The van der Waals surface area contributed by atoms with Gasteiger partial charge in [-0.3, -0.25) is 4.79 Å². The molecule has 1 aromatic carbocycles. The summed E-state index contributed by atoms with van der Waals surface area (Å²) in [4.78, 5) is 13.7. The number of tetrazole rings is 1. The molecule has 8 nitrogen and oxygen atoms in total. The molecule has 0 bridgehead atoms. The molecule has 1 aliphatic heterocycles. The molecule has 1 amide bonds. The van der Waals surface area contributed by atoms with Crippen LogP contribution in [0.1, 0.15) is 0 Å². The predicted octanol–water partition coefficient (Wildman–Crippen LogP) is -0.0285. The van der Waals surface area contributed by atoms with Gasteiger partial charge in [0.2, 0.25) is 5.91 Å². The Bertz CT molecular complexity index is 610. The minimum Gasteiger partial charge on any atom is -0.493 e. The predicted molar refractivity (Wildman–Crippen MR) is 71.8 cm³/mol. The smallest absolute Gasteiger partial charge is 0.244 e. The molecular weight excluding hydrogens is 274 g/mol. The summed E-state index contributed by atoms with van der Waals surface area (Å²) >= 11 is 0. The Hall–Kier alpha value is -2.64. The lowest BCUT2D eigenvalue weighted by Gasteiger charge is -2.39. The maximum absolute atomic E-state index is 11.9. The summed E-state index contributed by atoms with van der Waals surface area (Å²) in [5.41, 5.74) is 0. The highest BCUT2D eigenvalue weighted by Gasteiger charge is 2.32. The third-order valence-corrected chi connectivity index (χ3v) is 3.25. The van der Waals surface area contributed by atoms with Crippen molar-refractivity contribution in [3.8, 4) is 11.5 Å². The van der Waals surface area contributed by atoms with Crippen molar-refractivity contribution in [1.29, 1.82) is 0 Å². The van der Waals surface area contributed by atoms with Crippen molar-refractivity contribution < 1.29 is 14.3 Å². The summed E-state index contributed by atoms with van der Waals surface area (Å²) in [6.45, 7) is 1.26. The Morgan fingerprint density at radius 1 is 1.33 bits per heavy atom. The van der Waals surface area contributed by atoms with Crippen LogP contribution in [0.2, 0.25) is 0 Å². The van der Waals surface area contributed by atoms with Crippen LogP contribution in [-0.2, 0) is 11.3 Å². The molecule has 1 fully saturated rings. The van der Waals surface area contributed by atoms with Crippen LogP contribution in [0.25, 0.3) is 0 Å². The fourth-order valence-electron chi connectivity index (χ4n) is 2.10. The standard InChI is InChI=1S/C13H15N5O3/c1-20-11-4-2-3-5-12(11)21-10-6-17(7-10)13(19)8-18-9-14-15-16-18/h2-5,9-10H,6-8H2,1H3. The number of aromatic nitrogens is 4. The van der Waals surface area contributed by atoms with Gasteiger partial charge in [-0.1, -0.05) is 12.1 Å². The summed E-state index contributed by atoms with van der Waals surface area (Å²) < 4.78 is 12.4. The fraction of sp³-hybridized carbons (Fsp3) is 0.385. The van der Waals surface area contributed by atoms with Gasteiger partial charge in [-0.2, -0.15) is 0 Å². The van der Waals surface area contributed by atoms with Crippen LogP contribution in [0, 0.1) is 0 Å². The Morgan fingerprint density at radius 3 is 2.76 bits per heavy atom. The number of carbonyl (C=O) groups is 1. The molecule has 0 radical (unpaired) electrons. The summed E-state index contributed by atoms with van der Waals surface area (Å²) in [5, 5.41) is 10.6. The zero-order valence-corrected chi connectivity index (χ0v) is 11.5. The van der Waals surface area contributed by atoms with E-state index in [9.17, 15) is 4.79 Å². The molecule has 3 rings (SSSR count). The van der Waals surface area contributed by atoms with Gasteiger partial charge in [-0.25, -0.2) is 4.68 Å². The minimum absolute atomic E-state index is 0.0147. The first-order valence-electron chi connectivity index (χ1n) is 6.54. The number of para-hydroxylation sites is 2. The highest BCUT2D eigenvalue weighted by Crippen LogP contribution is 2.28. The van der Waals surface area contributed by atoms with E-state index in [4.69, 9.17) is 9.47 Å². The van der Waals surface area contributed by atoms with Crippen LogP contribution in [0.4, 0.5) is 0 Å². The highest BCUT2D eigenvalue weighted by molar-refractivity contribution is 5.76. The Labute approximate surface area is 121 Å². The number of benzene rings is 1. The van der Waals surface area contributed by atoms with E-state index in [0.29, 0.717) is 24.6 Å². The van der Waals surface area contributed by atoms with Gasteiger partial charge < -0.3 is 14.4 Å². The second-order valence-electron chi connectivity index (χ2n) is 4.70. The molecule has 1 aromatic heterocycles. The van der Waals surface area contributed by atoms with Crippen LogP contribution in [0.5, 0.6) is 11.5 Å². The lowest BCUT2D eigenvalue weighted by Crippen LogP contribution is -2.56. The maximum atomic E-state index is 11.9. The molecule has 1 saturated heterocycles. The summed E-state index contributed by atoms with van der Waals surface area (Å²) in [6.07, 6.45) is 1.40. The van der Waals surface area contributed by atoms with Crippen molar-refractivity contribution in [2.24, 2.45) is 0 Å². The largest absolute Gasteiger partial charge is 0.493 e. The van der Waals surface area contributed by atoms with Gasteiger partial charge in [0.05, 0.1) is 20.2 Å². The van der Waals surface area contributed by atoms with E-state index in [0.717, 1.165) is 0 Å². The van der Waals surface area contributed by atoms with Crippen LogP contribution < -0.4 is 9.47 Å².